The Balaban J connectivity index is 1.25. The van der Waals surface area contributed by atoms with Crippen LogP contribution in [-0.4, -0.2) is 63.3 Å². The number of hydrogen-bond donors (Lipinski definition) is 3. The molecule has 2 fully saturated rings. The van der Waals surface area contributed by atoms with E-state index in [2.05, 4.69) is 25.8 Å². The van der Waals surface area contributed by atoms with Gasteiger partial charge in [-0.15, -0.1) is 5.10 Å². The summed E-state index contributed by atoms with van der Waals surface area (Å²) in [6.07, 6.45) is -0.110. The molecule has 2 saturated carbocycles. The zero-order valence-electron chi connectivity index (χ0n) is 26.6. The molecule has 2 amide bonds. The summed E-state index contributed by atoms with van der Waals surface area (Å²) in [5, 5.41) is 26.0. The van der Waals surface area contributed by atoms with Crippen molar-refractivity contribution in [1.29, 1.82) is 0 Å². The molecule has 7 rings (SSSR count). The average molecular weight is 662 g/mol. The first-order chi connectivity index (χ1) is 22.8. The normalized spacial score (nSPS) is 20.5. The lowest BCUT2D eigenvalue weighted by Gasteiger charge is -2.29. The minimum absolute atomic E-state index is 0.0105. The number of aromatic nitrogens is 3. The molecule has 0 bridgehead atoms. The summed E-state index contributed by atoms with van der Waals surface area (Å²) >= 11 is 0. The van der Waals surface area contributed by atoms with Gasteiger partial charge < -0.3 is 25.2 Å². The van der Waals surface area contributed by atoms with E-state index in [0.29, 0.717) is 27.9 Å². The average Bonchev–Trinajstić information content (AvgIpc) is 3.99. The number of fused-ring (bicyclic) bond motifs is 2. The van der Waals surface area contributed by atoms with Gasteiger partial charge in [-0.25, -0.2) is 18.2 Å². The molecule has 2 aromatic carbocycles. The second-order valence-corrected chi connectivity index (χ2v) is 13.5. The van der Waals surface area contributed by atoms with Crippen molar-refractivity contribution in [1.82, 2.24) is 25.8 Å². The third-order valence-corrected chi connectivity index (χ3v) is 9.29. The molecule has 0 spiro atoms. The number of carbonyl (C=O) groups is 2. The molecule has 0 saturated heterocycles. The fraction of sp³-hybridized carbons (Fsp3) is 0.400. The number of pyridine rings is 1. The van der Waals surface area contributed by atoms with Gasteiger partial charge in [0.05, 0.1) is 24.0 Å². The maximum Gasteiger partial charge on any atom is 0.274 e. The number of aliphatic hydroxyl groups is 1. The minimum atomic E-state index is -3.42. The largest absolute Gasteiger partial charge is 0.489 e. The number of carbonyl (C=O) groups excluding carboxylic acids is 2. The maximum absolute atomic E-state index is 15.0. The van der Waals surface area contributed by atoms with Gasteiger partial charge in [0, 0.05) is 27.6 Å². The monoisotopic (exact) mass is 661 g/mol. The van der Waals surface area contributed by atoms with Gasteiger partial charge in [0.25, 0.3) is 12.3 Å². The number of rotatable bonds is 10. The summed E-state index contributed by atoms with van der Waals surface area (Å²) in [6, 6.07) is 11.2. The third kappa shape index (κ3) is 5.80. The quantitative estimate of drug-likeness (QED) is 0.219. The summed E-state index contributed by atoms with van der Waals surface area (Å²) in [7, 11) is 0. The van der Waals surface area contributed by atoms with E-state index in [1.165, 1.54) is 36.4 Å². The number of ether oxygens (including phenoxy) is 2. The van der Waals surface area contributed by atoms with Crippen molar-refractivity contribution in [2.75, 3.05) is 13.2 Å². The molecule has 3 N–H and O–H groups in total. The highest BCUT2D eigenvalue weighted by Gasteiger charge is 2.51. The molecule has 2 atom stereocenters. The van der Waals surface area contributed by atoms with Crippen LogP contribution < -0.4 is 20.1 Å². The van der Waals surface area contributed by atoms with Gasteiger partial charge in [0.1, 0.15) is 40.5 Å². The van der Waals surface area contributed by atoms with Crippen molar-refractivity contribution >= 4 is 22.7 Å². The van der Waals surface area contributed by atoms with Crippen LogP contribution in [0.25, 0.3) is 22.2 Å². The first kappa shape index (κ1) is 31.8. The zero-order valence-corrected chi connectivity index (χ0v) is 26.6. The Kier molecular flexibility index (Phi) is 7.57. The zero-order chi connectivity index (χ0) is 34.0. The van der Waals surface area contributed by atoms with Gasteiger partial charge in [-0.05, 0) is 95.0 Å². The SMILES string of the molecule is Cc1cc2cc(C(=O)NCC(O)(c3cc4c(c(-c5ccc(F)cc5)n3)OC[C@]4(C)C(=O)NC3(C)CC3)C(F)F)cc(OC3CC3)c2nn1. The van der Waals surface area contributed by atoms with Gasteiger partial charge in [0.15, 0.2) is 5.60 Å². The molecule has 250 valence electrons. The topological polar surface area (TPSA) is 136 Å². The van der Waals surface area contributed by atoms with Crippen molar-refractivity contribution < 1.29 is 37.3 Å². The van der Waals surface area contributed by atoms with Crippen molar-refractivity contribution in [3.05, 3.63) is 76.9 Å². The Labute approximate surface area is 274 Å². The number of benzene rings is 2. The molecular weight excluding hydrogens is 627 g/mol. The van der Waals surface area contributed by atoms with Gasteiger partial charge in [-0.3, -0.25) is 9.59 Å². The van der Waals surface area contributed by atoms with Crippen molar-refractivity contribution in [3.8, 4) is 22.8 Å². The first-order valence-corrected chi connectivity index (χ1v) is 15.8. The van der Waals surface area contributed by atoms with E-state index in [-0.39, 0.29) is 46.7 Å². The Morgan fingerprint density at radius 1 is 1.10 bits per heavy atom. The summed E-state index contributed by atoms with van der Waals surface area (Å²) in [4.78, 5) is 31.5. The summed E-state index contributed by atoms with van der Waals surface area (Å²) < 4.78 is 55.8. The van der Waals surface area contributed by atoms with E-state index in [0.717, 1.165) is 25.7 Å². The van der Waals surface area contributed by atoms with Crippen molar-refractivity contribution in [3.63, 3.8) is 0 Å². The predicted octanol–water partition coefficient (Wildman–Crippen LogP) is 4.88. The Morgan fingerprint density at radius 2 is 1.83 bits per heavy atom. The number of amides is 2. The Morgan fingerprint density at radius 3 is 2.50 bits per heavy atom. The summed E-state index contributed by atoms with van der Waals surface area (Å²) in [6.45, 7) is 4.26. The smallest absolute Gasteiger partial charge is 0.274 e. The highest BCUT2D eigenvalue weighted by Crippen LogP contribution is 2.47. The van der Waals surface area contributed by atoms with Gasteiger partial charge in [-0.1, -0.05) is 0 Å². The molecule has 0 radical (unpaired) electrons. The lowest BCUT2D eigenvalue weighted by Crippen LogP contribution is -2.48. The van der Waals surface area contributed by atoms with E-state index in [1.807, 2.05) is 6.92 Å². The number of hydrogen-bond acceptors (Lipinski definition) is 8. The minimum Gasteiger partial charge on any atom is -0.489 e. The first-order valence-electron chi connectivity index (χ1n) is 15.8. The van der Waals surface area contributed by atoms with E-state index in [4.69, 9.17) is 9.47 Å². The third-order valence-electron chi connectivity index (χ3n) is 9.29. The highest BCUT2D eigenvalue weighted by molar-refractivity contribution is 6.00. The van der Waals surface area contributed by atoms with E-state index in [9.17, 15) is 27.9 Å². The second-order valence-electron chi connectivity index (χ2n) is 13.5. The second kappa shape index (κ2) is 11.4. The summed E-state index contributed by atoms with van der Waals surface area (Å²) in [5.74, 6) is -1.11. The molecule has 2 aromatic heterocycles. The lowest BCUT2D eigenvalue weighted by atomic mass is 9.81. The molecule has 3 aliphatic rings. The van der Waals surface area contributed by atoms with Crippen molar-refractivity contribution in [2.24, 2.45) is 0 Å². The van der Waals surface area contributed by atoms with Gasteiger partial charge >= 0.3 is 0 Å². The highest BCUT2D eigenvalue weighted by atomic mass is 19.3. The lowest BCUT2D eigenvalue weighted by molar-refractivity contribution is -0.127. The molecule has 13 heteroatoms. The predicted molar refractivity (Wildman–Crippen MR) is 168 cm³/mol. The van der Waals surface area contributed by atoms with Crippen LogP contribution in [0.3, 0.4) is 0 Å². The molecule has 1 unspecified atom stereocenters. The molecule has 4 aromatic rings. The van der Waals surface area contributed by atoms with E-state index < -0.39 is 41.4 Å². The molecule has 2 aliphatic carbocycles. The van der Waals surface area contributed by atoms with Crippen LogP contribution in [0.15, 0.2) is 48.5 Å². The van der Waals surface area contributed by atoms with E-state index in [1.54, 1.807) is 26.0 Å². The van der Waals surface area contributed by atoms with Crippen LogP contribution in [0, 0.1) is 12.7 Å². The van der Waals surface area contributed by atoms with Crippen LogP contribution in [-0.2, 0) is 15.8 Å². The summed E-state index contributed by atoms with van der Waals surface area (Å²) in [5.41, 5.74) is -3.35. The molecule has 1 aliphatic heterocycles. The number of halogens is 3. The van der Waals surface area contributed by atoms with Crippen LogP contribution in [0.4, 0.5) is 13.2 Å². The van der Waals surface area contributed by atoms with Gasteiger partial charge in [-0.2, -0.15) is 5.10 Å². The fourth-order valence-electron chi connectivity index (χ4n) is 5.73. The maximum atomic E-state index is 15.0. The Hall–Kier alpha value is -4.78. The number of aryl methyl sites for hydroxylation is 1. The van der Waals surface area contributed by atoms with E-state index >= 15 is 0 Å². The van der Waals surface area contributed by atoms with Crippen LogP contribution >= 0.6 is 0 Å². The standard InChI is InChI=1S/C35H34F3N5O5/c1-18-12-20-13-21(14-25(27(20)43-42-18)48-23-8-9-23)30(44)39-16-35(46,31(37)38)26-15-24-29(28(40-26)19-4-6-22(36)7-5-19)47-17-34(24,3)32(45)41-33(2)10-11-33/h4-7,12-15,23,31,46H,8-11,16-17H2,1-3H3,(H,39,44)(H,41,45)/t34-,35?/m0/s1. The fourth-order valence-corrected chi connectivity index (χ4v) is 5.73. The van der Waals surface area contributed by atoms with Gasteiger partial charge in [0.2, 0.25) is 5.91 Å². The molecule has 3 heterocycles. The van der Waals surface area contributed by atoms with Crippen LogP contribution in [0.1, 0.15) is 66.8 Å². The number of nitrogens with one attached hydrogen (secondary N) is 2. The molecule has 10 nitrogen and oxygen atoms in total. The van der Waals surface area contributed by atoms with Crippen molar-refractivity contribution in [2.45, 2.75) is 75.5 Å². The van der Waals surface area contributed by atoms with Crippen LogP contribution in [0.5, 0.6) is 11.5 Å². The molecular formula is C35H34F3N5O5. The molecule has 48 heavy (non-hydrogen) atoms. The number of nitrogens with zero attached hydrogens (tertiary/aromatic N) is 3. The number of alkyl halides is 2. The Bertz CT molecular complexity index is 1950. The van der Waals surface area contributed by atoms with Crippen LogP contribution in [0.2, 0.25) is 0 Å².